The molecule has 94 valence electrons. The average molecular weight is 227 g/mol. The first kappa shape index (κ1) is 12.3. The molecule has 1 saturated heterocycles. The lowest BCUT2D eigenvalue weighted by molar-refractivity contribution is -0.0222. The Morgan fingerprint density at radius 3 is 2.69 bits per heavy atom. The van der Waals surface area contributed by atoms with Crippen molar-refractivity contribution in [3.8, 4) is 0 Å². The van der Waals surface area contributed by atoms with Gasteiger partial charge >= 0.3 is 0 Å². The van der Waals surface area contributed by atoms with Crippen LogP contribution in [0.25, 0.3) is 0 Å². The van der Waals surface area contributed by atoms with E-state index < -0.39 is 5.60 Å². The maximum absolute atomic E-state index is 10.5. The molecular weight excluding hydrogens is 202 g/mol. The summed E-state index contributed by atoms with van der Waals surface area (Å²) in [6.45, 7) is 6.12. The molecule has 0 aromatic heterocycles. The van der Waals surface area contributed by atoms with Crippen molar-refractivity contribution < 1.29 is 9.84 Å². The Labute approximate surface area is 98.8 Å². The zero-order chi connectivity index (χ0) is 11.8. The van der Waals surface area contributed by atoms with Gasteiger partial charge in [0, 0.05) is 26.2 Å². The zero-order valence-corrected chi connectivity index (χ0v) is 10.8. The van der Waals surface area contributed by atoms with Crippen LogP contribution in [0.2, 0.25) is 0 Å². The van der Waals surface area contributed by atoms with Gasteiger partial charge in [0.05, 0.1) is 11.2 Å². The lowest BCUT2D eigenvalue weighted by atomic mass is 9.90. The Balaban J connectivity index is 1.80. The largest absolute Gasteiger partial charge is 0.389 e. The van der Waals surface area contributed by atoms with Gasteiger partial charge in [0.25, 0.3) is 0 Å². The predicted molar refractivity (Wildman–Crippen MR) is 64.5 cm³/mol. The van der Waals surface area contributed by atoms with Crippen LogP contribution in [0, 0.1) is 0 Å². The van der Waals surface area contributed by atoms with Crippen LogP contribution in [0.1, 0.15) is 46.0 Å². The quantitative estimate of drug-likeness (QED) is 0.777. The number of β-amino-alcohol motifs (C(OH)–C–C–N with tert-alkyl or cyclic N) is 1. The van der Waals surface area contributed by atoms with Gasteiger partial charge in [-0.25, -0.2) is 0 Å². The van der Waals surface area contributed by atoms with E-state index in [-0.39, 0.29) is 5.60 Å². The van der Waals surface area contributed by atoms with E-state index >= 15 is 0 Å². The standard InChI is InChI=1S/C13H25NO2/c1-12(2,16-3)6-7-13(15)8-9-14(10-13)11-4-5-11/h11,15H,4-10H2,1-3H3. The second-order valence-electron chi connectivity index (χ2n) is 6.14. The van der Waals surface area contributed by atoms with Crippen molar-refractivity contribution in [2.75, 3.05) is 20.2 Å². The third kappa shape index (κ3) is 2.96. The van der Waals surface area contributed by atoms with E-state index in [0.717, 1.165) is 38.4 Å². The summed E-state index contributed by atoms with van der Waals surface area (Å²) < 4.78 is 5.40. The summed E-state index contributed by atoms with van der Waals surface area (Å²) in [7, 11) is 1.75. The van der Waals surface area contributed by atoms with Gasteiger partial charge in [-0.15, -0.1) is 0 Å². The number of nitrogens with zero attached hydrogens (tertiary/aromatic N) is 1. The minimum Gasteiger partial charge on any atom is -0.389 e. The number of hydrogen-bond acceptors (Lipinski definition) is 3. The SMILES string of the molecule is COC(C)(C)CCC1(O)CCN(C2CC2)C1. The average Bonchev–Trinajstić information content (AvgIpc) is 3.01. The lowest BCUT2D eigenvalue weighted by Crippen LogP contribution is -2.36. The fourth-order valence-corrected chi connectivity index (χ4v) is 2.48. The molecular formula is C13H25NO2. The highest BCUT2D eigenvalue weighted by Crippen LogP contribution is 2.36. The molecule has 2 rings (SSSR count). The molecule has 2 aliphatic rings. The Morgan fingerprint density at radius 1 is 1.44 bits per heavy atom. The molecule has 0 amide bonds. The number of likely N-dealkylation sites (tertiary alicyclic amines) is 1. The molecule has 0 bridgehead atoms. The van der Waals surface area contributed by atoms with Crippen molar-refractivity contribution >= 4 is 0 Å². The van der Waals surface area contributed by atoms with Crippen molar-refractivity contribution in [2.45, 2.75) is 63.2 Å². The molecule has 0 aromatic rings. The second-order valence-corrected chi connectivity index (χ2v) is 6.14. The summed E-state index contributed by atoms with van der Waals surface area (Å²) in [5, 5.41) is 10.5. The summed E-state index contributed by atoms with van der Waals surface area (Å²) in [4.78, 5) is 2.46. The van der Waals surface area contributed by atoms with Gasteiger partial charge in [-0.2, -0.15) is 0 Å². The van der Waals surface area contributed by atoms with E-state index in [9.17, 15) is 5.11 Å². The fourth-order valence-electron chi connectivity index (χ4n) is 2.48. The summed E-state index contributed by atoms with van der Waals surface area (Å²) >= 11 is 0. The highest BCUT2D eigenvalue weighted by atomic mass is 16.5. The maximum atomic E-state index is 10.5. The highest BCUT2D eigenvalue weighted by molar-refractivity contribution is 4.97. The molecule has 0 spiro atoms. The molecule has 1 aliphatic carbocycles. The molecule has 16 heavy (non-hydrogen) atoms. The van der Waals surface area contributed by atoms with E-state index in [4.69, 9.17) is 4.74 Å². The number of aliphatic hydroxyl groups is 1. The van der Waals surface area contributed by atoms with Crippen LogP contribution >= 0.6 is 0 Å². The number of methoxy groups -OCH3 is 1. The highest BCUT2D eigenvalue weighted by Gasteiger charge is 2.42. The molecule has 1 aliphatic heterocycles. The molecule has 1 unspecified atom stereocenters. The monoisotopic (exact) mass is 227 g/mol. The van der Waals surface area contributed by atoms with E-state index in [2.05, 4.69) is 18.7 Å². The van der Waals surface area contributed by atoms with Crippen LogP contribution in [-0.4, -0.2) is 47.4 Å². The third-order valence-electron chi connectivity index (χ3n) is 4.17. The van der Waals surface area contributed by atoms with Crippen molar-refractivity contribution in [1.82, 2.24) is 4.90 Å². The molecule has 3 nitrogen and oxygen atoms in total. The van der Waals surface area contributed by atoms with E-state index in [0.29, 0.717) is 0 Å². The Morgan fingerprint density at radius 2 is 2.12 bits per heavy atom. The van der Waals surface area contributed by atoms with Gasteiger partial charge in [-0.3, -0.25) is 4.90 Å². The Bertz CT molecular complexity index is 250. The predicted octanol–water partition coefficient (Wildman–Crippen LogP) is 1.79. The Kier molecular flexibility index (Phi) is 3.30. The van der Waals surface area contributed by atoms with Crippen molar-refractivity contribution in [3.63, 3.8) is 0 Å². The van der Waals surface area contributed by atoms with Crippen molar-refractivity contribution in [1.29, 1.82) is 0 Å². The molecule has 0 radical (unpaired) electrons. The van der Waals surface area contributed by atoms with Gasteiger partial charge < -0.3 is 9.84 Å². The van der Waals surface area contributed by atoms with Gasteiger partial charge in [0.2, 0.25) is 0 Å². The summed E-state index contributed by atoms with van der Waals surface area (Å²) in [5.74, 6) is 0. The summed E-state index contributed by atoms with van der Waals surface area (Å²) in [6, 6.07) is 0.782. The van der Waals surface area contributed by atoms with Crippen LogP contribution < -0.4 is 0 Å². The zero-order valence-electron chi connectivity index (χ0n) is 10.8. The number of hydrogen-bond donors (Lipinski definition) is 1. The maximum Gasteiger partial charge on any atom is 0.0787 e. The van der Waals surface area contributed by atoms with Crippen molar-refractivity contribution in [3.05, 3.63) is 0 Å². The van der Waals surface area contributed by atoms with Crippen molar-refractivity contribution in [2.24, 2.45) is 0 Å². The van der Waals surface area contributed by atoms with Crippen LogP contribution in [0.4, 0.5) is 0 Å². The van der Waals surface area contributed by atoms with E-state index in [1.807, 2.05) is 0 Å². The summed E-state index contributed by atoms with van der Waals surface area (Å²) in [6.07, 6.45) is 5.39. The van der Waals surface area contributed by atoms with Crippen LogP contribution in [-0.2, 0) is 4.74 Å². The van der Waals surface area contributed by atoms with Gasteiger partial charge in [0.1, 0.15) is 0 Å². The topological polar surface area (TPSA) is 32.7 Å². The molecule has 3 heteroatoms. The first-order valence-corrected chi connectivity index (χ1v) is 6.46. The minimum absolute atomic E-state index is 0.108. The second kappa shape index (κ2) is 4.28. The Hall–Kier alpha value is -0.120. The number of rotatable bonds is 5. The molecule has 2 fully saturated rings. The van der Waals surface area contributed by atoms with Gasteiger partial charge in [0.15, 0.2) is 0 Å². The smallest absolute Gasteiger partial charge is 0.0787 e. The first-order valence-electron chi connectivity index (χ1n) is 6.46. The molecule has 1 heterocycles. The molecule has 1 saturated carbocycles. The molecule has 1 N–H and O–H groups in total. The van der Waals surface area contributed by atoms with E-state index in [1.54, 1.807) is 7.11 Å². The van der Waals surface area contributed by atoms with Crippen LogP contribution in [0.3, 0.4) is 0 Å². The first-order chi connectivity index (χ1) is 7.44. The van der Waals surface area contributed by atoms with Gasteiger partial charge in [-0.05, 0) is 46.0 Å². The normalized spacial score (nSPS) is 32.2. The minimum atomic E-state index is -0.460. The lowest BCUT2D eigenvalue weighted by Gasteiger charge is -2.29. The molecule has 0 aromatic carbocycles. The third-order valence-corrected chi connectivity index (χ3v) is 4.17. The summed E-state index contributed by atoms with van der Waals surface area (Å²) in [5.41, 5.74) is -0.568. The van der Waals surface area contributed by atoms with Crippen LogP contribution in [0.15, 0.2) is 0 Å². The van der Waals surface area contributed by atoms with Crippen LogP contribution in [0.5, 0.6) is 0 Å². The molecule has 1 atom stereocenters. The fraction of sp³-hybridized carbons (Fsp3) is 1.00. The number of ether oxygens (including phenoxy) is 1. The van der Waals surface area contributed by atoms with Gasteiger partial charge in [-0.1, -0.05) is 0 Å². The van der Waals surface area contributed by atoms with E-state index in [1.165, 1.54) is 12.8 Å².